The van der Waals surface area contributed by atoms with Gasteiger partial charge in [0, 0.05) is 34.1 Å². The van der Waals surface area contributed by atoms with Crippen LogP contribution in [-0.2, 0) is 16.0 Å². The van der Waals surface area contributed by atoms with Gasteiger partial charge in [0.05, 0.1) is 6.04 Å². The highest BCUT2D eigenvalue weighted by Gasteiger charge is 2.48. The molecule has 0 saturated carbocycles. The lowest BCUT2D eigenvalue weighted by Crippen LogP contribution is -2.64. The Bertz CT molecular complexity index is 1140. The van der Waals surface area contributed by atoms with Crippen LogP contribution in [0.5, 0.6) is 0 Å². The summed E-state index contributed by atoms with van der Waals surface area (Å²) in [4.78, 5) is 33.6. The lowest BCUT2D eigenvalue weighted by Gasteiger charge is -2.48. The van der Waals surface area contributed by atoms with Crippen molar-refractivity contribution in [2.24, 2.45) is 0 Å². The van der Waals surface area contributed by atoms with Crippen LogP contribution in [-0.4, -0.2) is 45.2 Å². The smallest absolute Gasteiger partial charge is 0.246 e. The highest BCUT2D eigenvalue weighted by Crippen LogP contribution is 2.43. The van der Waals surface area contributed by atoms with Gasteiger partial charge in [-0.15, -0.1) is 0 Å². The highest BCUT2D eigenvalue weighted by atomic mass is 35.5. The van der Waals surface area contributed by atoms with Crippen LogP contribution in [0.15, 0.2) is 48.5 Å². The highest BCUT2D eigenvalue weighted by molar-refractivity contribution is 6.30. The van der Waals surface area contributed by atoms with E-state index < -0.39 is 6.04 Å². The van der Waals surface area contributed by atoms with E-state index in [1.54, 1.807) is 9.80 Å². The molecule has 0 aliphatic carbocycles. The number of piperazine rings is 1. The normalized spacial score (nSPS) is 21.7. The second-order valence-electron chi connectivity index (χ2n) is 8.10. The first-order chi connectivity index (χ1) is 14.0. The van der Waals surface area contributed by atoms with Crippen molar-refractivity contribution in [3.63, 3.8) is 0 Å². The van der Waals surface area contributed by atoms with Crippen molar-refractivity contribution in [1.82, 2.24) is 14.8 Å². The van der Waals surface area contributed by atoms with Gasteiger partial charge in [-0.2, -0.15) is 0 Å². The van der Waals surface area contributed by atoms with E-state index in [0.717, 1.165) is 27.7 Å². The predicted molar refractivity (Wildman–Crippen MR) is 113 cm³/mol. The van der Waals surface area contributed by atoms with Crippen molar-refractivity contribution in [2.75, 3.05) is 6.54 Å². The molecule has 2 amide bonds. The second kappa shape index (κ2) is 6.63. The molecule has 6 heteroatoms. The van der Waals surface area contributed by atoms with Gasteiger partial charge in [0.2, 0.25) is 11.8 Å². The maximum Gasteiger partial charge on any atom is 0.246 e. The number of fused-ring (bicyclic) bond motifs is 4. The number of benzene rings is 2. The Morgan fingerprint density at radius 2 is 1.90 bits per heavy atom. The molecular formula is C23H22ClN3O2. The summed E-state index contributed by atoms with van der Waals surface area (Å²) >= 11 is 6.29. The van der Waals surface area contributed by atoms with Crippen LogP contribution in [0.25, 0.3) is 10.9 Å². The Morgan fingerprint density at radius 1 is 1.10 bits per heavy atom. The number of amides is 2. The summed E-state index contributed by atoms with van der Waals surface area (Å²) in [7, 11) is 0. The lowest BCUT2D eigenvalue weighted by molar-refractivity contribution is -0.160. The van der Waals surface area contributed by atoms with Crippen LogP contribution in [0, 0.1) is 0 Å². The average molecular weight is 408 g/mol. The molecule has 2 aromatic carbocycles. The molecule has 2 aliphatic rings. The van der Waals surface area contributed by atoms with E-state index in [9.17, 15) is 9.59 Å². The minimum Gasteiger partial charge on any atom is -0.356 e. The summed E-state index contributed by atoms with van der Waals surface area (Å²) in [5.74, 6) is -0.0138. The minimum absolute atomic E-state index is 0.0115. The first-order valence-corrected chi connectivity index (χ1v) is 10.3. The van der Waals surface area contributed by atoms with E-state index in [4.69, 9.17) is 11.6 Å². The standard InChI is InChI=1S/C23H22ClN3O2/c1-13(2)26-12-20(28)27-19(23(26)29)11-17-16-8-3-4-9-18(16)25-21(17)22(27)14-6-5-7-15(24)10-14/h3-10,13,19,22,25H,11-12H2,1-2H3. The van der Waals surface area contributed by atoms with Crippen LogP contribution in [0.1, 0.15) is 36.7 Å². The fourth-order valence-electron chi connectivity index (χ4n) is 4.75. The molecule has 2 atom stereocenters. The third-order valence-corrected chi connectivity index (χ3v) is 6.32. The van der Waals surface area contributed by atoms with Crippen molar-refractivity contribution in [3.05, 3.63) is 70.4 Å². The Labute approximate surface area is 174 Å². The molecule has 0 radical (unpaired) electrons. The number of rotatable bonds is 2. The summed E-state index contributed by atoms with van der Waals surface area (Å²) in [6.07, 6.45) is 0.518. The molecule has 3 heterocycles. The predicted octanol–water partition coefficient (Wildman–Crippen LogP) is 3.91. The molecule has 1 saturated heterocycles. The molecule has 2 aliphatic heterocycles. The molecule has 0 spiro atoms. The van der Waals surface area contributed by atoms with Gasteiger partial charge in [0.1, 0.15) is 12.6 Å². The van der Waals surface area contributed by atoms with Crippen molar-refractivity contribution >= 4 is 34.3 Å². The maximum absolute atomic E-state index is 13.4. The van der Waals surface area contributed by atoms with Gasteiger partial charge in [-0.05, 0) is 43.2 Å². The first kappa shape index (κ1) is 18.3. The van der Waals surface area contributed by atoms with Crippen LogP contribution in [0.2, 0.25) is 5.02 Å². The topological polar surface area (TPSA) is 56.4 Å². The number of hydrogen-bond acceptors (Lipinski definition) is 2. The fourth-order valence-corrected chi connectivity index (χ4v) is 4.95. The van der Waals surface area contributed by atoms with Crippen LogP contribution in [0.4, 0.5) is 0 Å². The number of H-pyrrole nitrogens is 1. The molecule has 2 unspecified atom stereocenters. The van der Waals surface area contributed by atoms with E-state index in [1.807, 2.05) is 56.3 Å². The molecule has 1 fully saturated rings. The van der Waals surface area contributed by atoms with Crippen LogP contribution < -0.4 is 0 Å². The number of aromatic amines is 1. The molecular weight excluding hydrogens is 386 g/mol. The van der Waals surface area contributed by atoms with Crippen molar-refractivity contribution in [1.29, 1.82) is 0 Å². The average Bonchev–Trinajstić information content (AvgIpc) is 3.07. The first-order valence-electron chi connectivity index (χ1n) is 9.92. The monoisotopic (exact) mass is 407 g/mol. The van der Waals surface area contributed by atoms with Gasteiger partial charge >= 0.3 is 0 Å². The molecule has 0 bridgehead atoms. The summed E-state index contributed by atoms with van der Waals surface area (Å²) < 4.78 is 0. The fraction of sp³-hybridized carbons (Fsp3) is 0.304. The number of nitrogens with one attached hydrogen (secondary N) is 1. The zero-order chi connectivity index (χ0) is 20.3. The quantitative estimate of drug-likeness (QED) is 0.700. The van der Waals surface area contributed by atoms with E-state index in [-0.39, 0.29) is 30.4 Å². The molecule has 5 nitrogen and oxygen atoms in total. The van der Waals surface area contributed by atoms with Crippen molar-refractivity contribution < 1.29 is 9.59 Å². The Kier molecular flexibility index (Phi) is 4.17. The lowest BCUT2D eigenvalue weighted by atomic mass is 9.86. The third-order valence-electron chi connectivity index (χ3n) is 6.08. The summed E-state index contributed by atoms with van der Waals surface area (Å²) in [5.41, 5.74) is 4.02. The largest absolute Gasteiger partial charge is 0.356 e. The van der Waals surface area contributed by atoms with Gasteiger partial charge in [0.25, 0.3) is 0 Å². The molecule has 3 aromatic rings. The zero-order valence-electron chi connectivity index (χ0n) is 16.4. The van der Waals surface area contributed by atoms with Gasteiger partial charge in [-0.25, -0.2) is 0 Å². The van der Waals surface area contributed by atoms with E-state index in [1.165, 1.54) is 0 Å². The van der Waals surface area contributed by atoms with E-state index >= 15 is 0 Å². The van der Waals surface area contributed by atoms with Gasteiger partial charge in [-0.1, -0.05) is 41.9 Å². The van der Waals surface area contributed by atoms with E-state index in [2.05, 4.69) is 11.1 Å². The number of halogens is 1. The Balaban J connectivity index is 1.74. The number of carbonyl (C=O) groups excluding carboxylic acids is 2. The van der Waals surface area contributed by atoms with E-state index in [0.29, 0.717) is 11.4 Å². The molecule has 5 rings (SSSR count). The van der Waals surface area contributed by atoms with Crippen LogP contribution in [0.3, 0.4) is 0 Å². The zero-order valence-corrected chi connectivity index (χ0v) is 17.1. The number of hydrogen-bond donors (Lipinski definition) is 1. The Morgan fingerprint density at radius 3 is 2.66 bits per heavy atom. The Hall–Kier alpha value is -2.79. The van der Waals surface area contributed by atoms with Crippen molar-refractivity contribution in [3.8, 4) is 0 Å². The second-order valence-corrected chi connectivity index (χ2v) is 8.54. The van der Waals surface area contributed by atoms with Crippen molar-refractivity contribution in [2.45, 2.75) is 38.4 Å². The summed E-state index contributed by atoms with van der Waals surface area (Å²) in [5, 5.41) is 1.72. The molecule has 1 N–H and O–H groups in total. The SMILES string of the molecule is CC(C)N1CC(=O)N2C(Cc3c([nH]c4ccccc34)C2c2cccc(Cl)c2)C1=O. The third kappa shape index (κ3) is 2.76. The molecule has 29 heavy (non-hydrogen) atoms. The van der Waals surface area contributed by atoms with Gasteiger partial charge in [0.15, 0.2) is 0 Å². The molecule has 1 aromatic heterocycles. The van der Waals surface area contributed by atoms with Gasteiger partial charge in [-0.3, -0.25) is 9.59 Å². The number of carbonyl (C=O) groups is 2. The minimum atomic E-state index is -0.505. The number of aromatic nitrogens is 1. The van der Waals surface area contributed by atoms with Crippen LogP contribution >= 0.6 is 11.6 Å². The number of nitrogens with zero attached hydrogens (tertiary/aromatic N) is 2. The molecule has 148 valence electrons. The number of para-hydroxylation sites is 1. The summed E-state index contributed by atoms with van der Waals surface area (Å²) in [6, 6.07) is 14.8. The van der Waals surface area contributed by atoms with Gasteiger partial charge < -0.3 is 14.8 Å². The maximum atomic E-state index is 13.4. The summed E-state index contributed by atoms with van der Waals surface area (Å²) in [6.45, 7) is 4.02.